The Morgan fingerprint density at radius 2 is 0.683 bits per heavy atom. The topological polar surface area (TPSA) is 38.7 Å². The molecule has 0 fully saturated rings. The average molecular weight is 764 g/mol. The van der Waals surface area contributed by atoms with E-state index in [9.17, 15) is 0 Å². The monoisotopic (exact) mass is 763 g/mol. The Bertz CT molecular complexity index is 3350. The van der Waals surface area contributed by atoms with Gasteiger partial charge < -0.3 is 0 Å². The number of nitrogens with zero attached hydrogens (tertiary/aromatic N) is 3. The molecule has 0 spiro atoms. The summed E-state index contributed by atoms with van der Waals surface area (Å²) < 4.78 is 0. The predicted octanol–water partition coefficient (Wildman–Crippen LogP) is 15.0. The molecule has 0 saturated carbocycles. The van der Waals surface area contributed by atoms with Crippen LogP contribution in [0.25, 0.3) is 111 Å². The van der Waals surface area contributed by atoms with E-state index >= 15 is 0 Å². The molecule has 0 bridgehead atoms. The molecule has 10 aromatic carbocycles. The summed E-state index contributed by atoms with van der Waals surface area (Å²) in [6.45, 7) is 0. The van der Waals surface area contributed by atoms with Crippen LogP contribution in [0.2, 0.25) is 0 Å². The molecule has 11 rings (SSSR count). The number of hydrogen-bond acceptors (Lipinski definition) is 3. The van der Waals surface area contributed by atoms with E-state index in [-0.39, 0.29) is 0 Å². The van der Waals surface area contributed by atoms with Crippen molar-refractivity contribution in [2.45, 2.75) is 0 Å². The lowest BCUT2D eigenvalue weighted by Gasteiger charge is -2.16. The second-order valence-corrected chi connectivity index (χ2v) is 15.2. The van der Waals surface area contributed by atoms with Crippen LogP contribution >= 0.6 is 0 Å². The van der Waals surface area contributed by atoms with Gasteiger partial charge in [0.25, 0.3) is 0 Å². The quantitative estimate of drug-likeness (QED) is 0.162. The van der Waals surface area contributed by atoms with Crippen molar-refractivity contribution in [2.24, 2.45) is 0 Å². The first-order valence-electron chi connectivity index (χ1n) is 20.3. The maximum absolute atomic E-state index is 5.36. The SMILES string of the molecule is c1ccc(-c2ccc3cc(-c4nc(-c5ccccc5-c5ccc(-c6cccc7ccccc67)cc5)nc(-c5ccc6ccccc6c5-c5ccccc5)n4)ccc3c2)cc1. The summed E-state index contributed by atoms with van der Waals surface area (Å²) in [5.74, 6) is 1.87. The van der Waals surface area contributed by atoms with E-state index in [0.29, 0.717) is 17.5 Å². The molecule has 0 saturated heterocycles. The summed E-state index contributed by atoms with van der Waals surface area (Å²) in [5, 5.41) is 7.07. The molecule has 3 heteroatoms. The smallest absolute Gasteiger partial charge is 0.164 e. The van der Waals surface area contributed by atoms with E-state index in [1.807, 2.05) is 0 Å². The summed E-state index contributed by atoms with van der Waals surface area (Å²) in [7, 11) is 0. The van der Waals surface area contributed by atoms with Crippen molar-refractivity contribution >= 4 is 32.3 Å². The fourth-order valence-electron chi connectivity index (χ4n) is 8.55. The highest BCUT2D eigenvalue weighted by Crippen LogP contribution is 2.40. The van der Waals surface area contributed by atoms with Crippen molar-refractivity contribution in [3.63, 3.8) is 0 Å². The molecule has 0 aliphatic carbocycles. The first-order chi connectivity index (χ1) is 29.7. The maximum atomic E-state index is 5.36. The fraction of sp³-hybridized carbons (Fsp3) is 0. The molecule has 0 aliphatic heterocycles. The first-order valence-corrected chi connectivity index (χ1v) is 20.3. The van der Waals surface area contributed by atoms with E-state index in [2.05, 4.69) is 224 Å². The number of rotatable bonds is 7. The average Bonchev–Trinajstić information content (AvgIpc) is 3.33. The van der Waals surface area contributed by atoms with Crippen LogP contribution in [0, 0.1) is 0 Å². The third kappa shape index (κ3) is 6.49. The summed E-state index contributed by atoms with van der Waals surface area (Å²) in [5.41, 5.74) is 12.0. The molecular formula is C57H37N3. The van der Waals surface area contributed by atoms with Crippen molar-refractivity contribution in [1.82, 2.24) is 15.0 Å². The lowest BCUT2D eigenvalue weighted by atomic mass is 9.92. The minimum atomic E-state index is 0.621. The molecule has 1 heterocycles. The van der Waals surface area contributed by atoms with Crippen molar-refractivity contribution in [3.8, 4) is 78.7 Å². The first kappa shape index (κ1) is 35.2. The van der Waals surface area contributed by atoms with E-state index in [1.54, 1.807) is 0 Å². The van der Waals surface area contributed by atoms with Gasteiger partial charge in [0.2, 0.25) is 0 Å². The second-order valence-electron chi connectivity index (χ2n) is 15.2. The standard InChI is InChI=1S/C57H37N3/c1-3-14-38(15-4-1)44-30-31-46-37-47(33-32-45(46)36-44)55-58-56(60-57(59-55)53-35-34-40-17-8-10-23-51(40)54(53)43-18-5-2-6-19-43)52-24-12-11-22-50(52)42-28-26-41(27-29-42)49-25-13-20-39-16-7-9-21-48(39)49/h1-37H. The van der Waals surface area contributed by atoms with Crippen LogP contribution in [-0.2, 0) is 0 Å². The van der Waals surface area contributed by atoms with Crippen molar-refractivity contribution in [1.29, 1.82) is 0 Å². The maximum Gasteiger partial charge on any atom is 0.164 e. The molecule has 3 nitrogen and oxygen atoms in total. The zero-order valence-corrected chi connectivity index (χ0v) is 32.7. The largest absolute Gasteiger partial charge is 0.208 e. The summed E-state index contributed by atoms with van der Waals surface area (Å²) in [6, 6.07) is 79.5. The van der Waals surface area contributed by atoms with Crippen LogP contribution in [0.5, 0.6) is 0 Å². The molecule has 0 amide bonds. The van der Waals surface area contributed by atoms with Gasteiger partial charge in [0.15, 0.2) is 17.5 Å². The van der Waals surface area contributed by atoms with Gasteiger partial charge in [-0.15, -0.1) is 0 Å². The van der Waals surface area contributed by atoms with Gasteiger partial charge in [0, 0.05) is 22.3 Å². The number of fused-ring (bicyclic) bond motifs is 3. The van der Waals surface area contributed by atoms with E-state index < -0.39 is 0 Å². The molecular weight excluding hydrogens is 727 g/mol. The molecule has 0 unspecified atom stereocenters. The minimum Gasteiger partial charge on any atom is -0.208 e. The summed E-state index contributed by atoms with van der Waals surface area (Å²) in [6.07, 6.45) is 0. The molecule has 0 radical (unpaired) electrons. The number of hydrogen-bond donors (Lipinski definition) is 0. The highest BCUT2D eigenvalue weighted by Gasteiger charge is 2.20. The molecule has 60 heavy (non-hydrogen) atoms. The van der Waals surface area contributed by atoms with Gasteiger partial charge in [-0.3, -0.25) is 0 Å². The Morgan fingerprint density at radius 1 is 0.217 bits per heavy atom. The molecule has 11 aromatic rings. The van der Waals surface area contributed by atoms with Crippen LogP contribution in [0.15, 0.2) is 224 Å². The molecule has 0 aliphatic rings. The third-order valence-corrected chi connectivity index (χ3v) is 11.5. The molecule has 0 atom stereocenters. The number of benzene rings is 10. The Morgan fingerprint density at radius 3 is 1.42 bits per heavy atom. The fourth-order valence-corrected chi connectivity index (χ4v) is 8.55. The Kier molecular flexibility index (Phi) is 8.83. The van der Waals surface area contributed by atoms with Gasteiger partial charge in [0.1, 0.15) is 0 Å². The van der Waals surface area contributed by atoms with Crippen LogP contribution in [-0.4, -0.2) is 15.0 Å². The highest BCUT2D eigenvalue weighted by atomic mass is 15.0. The van der Waals surface area contributed by atoms with Crippen LogP contribution in [0.4, 0.5) is 0 Å². The van der Waals surface area contributed by atoms with Gasteiger partial charge in [-0.2, -0.15) is 0 Å². The highest BCUT2D eigenvalue weighted by molar-refractivity contribution is 6.04. The second kappa shape index (κ2) is 15.1. The van der Waals surface area contributed by atoms with Crippen LogP contribution in [0.3, 0.4) is 0 Å². The van der Waals surface area contributed by atoms with E-state index in [0.717, 1.165) is 60.5 Å². The summed E-state index contributed by atoms with van der Waals surface area (Å²) in [4.78, 5) is 16.0. The Labute approximate surface area is 349 Å². The number of aromatic nitrogens is 3. The molecule has 0 N–H and O–H groups in total. The van der Waals surface area contributed by atoms with Crippen molar-refractivity contribution < 1.29 is 0 Å². The van der Waals surface area contributed by atoms with Gasteiger partial charge in [-0.25, -0.2) is 15.0 Å². The Hall–Kier alpha value is -8.01. The Balaban J connectivity index is 1.08. The lowest BCUT2D eigenvalue weighted by Crippen LogP contribution is -2.02. The van der Waals surface area contributed by atoms with Crippen LogP contribution in [0.1, 0.15) is 0 Å². The van der Waals surface area contributed by atoms with E-state index in [1.165, 1.54) is 33.0 Å². The van der Waals surface area contributed by atoms with E-state index in [4.69, 9.17) is 15.0 Å². The third-order valence-electron chi connectivity index (χ3n) is 11.5. The van der Waals surface area contributed by atoms with Crippen molar-refractivity contribution in [2.75, 3.05) is 0 Å². The molecule has 1 aromatic heterocycles. The molecule has 280 valence electrons. The zero-order valence-electron chi connectivity index (χ0n) is 32.7. The van der Waals surface area contributed by atoms with Gasteiger partial charge in [-0.05, 0) is 89.5 Å². The lowest BCUT2D eigenvalue weighted by molar-refractivity contribution is 1.08. The zero-order chi connectivity index (χ0) is 39.8. The van der Waals surface area contributed by atoms with Crippen LogP contribution < -0.4 is 0 Å². The van der Waals surface area contributed by atoms with Gasteiger partial charge in [0.05, 0.1) is 0 Å². The minimum absolute atomic E-state index is 0.621. The normalized spacial score (nSPS) is 11.3. The van der Waals surface area contributed by atoms with Gasteiger partial charge in [-0.1, -0.05) is 206 Å². The predicted molar refractivity (Wildman–Crippen MR) is 250 cm³/mol. The summed E-state index contributed by atoms with van der Waals surface area (Å²) >= 11 is 0. The van der Waals surface area contributed by atoms with Crippen molar-refractivity contribution in [3.05, 3.63) is 224 Å². The van der Waals surface area contributed by atoms with Gasteiger partial charge >= 0.3 is 0 Å².